The van der Waals surface area contributed by atoms with Crippen LogP contribution in [0.3, 0.4) is 0 Å². The summed E-state index contributed by atoms with van der Waals surface area (Å²) in [5.74, 6) is 0.930. The Labute approximate surface area is 118 Å². The maximum absolute atomic E-state index is 12.5. The molecule has 1 aromatic heterocycles. The Morgan fingerprint density at radius 1 is 1.47 bits per heavy atom. The number of alkyl halides is 3. The average Bonchev–Trinajstić information content (AvgIpc) is 2.75. The minimum absolute atomic E-state index is 0.256. The van der Waals surface area contributed by atoms with Gasteiger partial charge in [-0.2, -0.15) is 24.9 Å². The van der Waals surface area contributed by atoms with Crippen LogP contribution < -0.4 is 0 Å². The number of nitrogens with zero attached hydrogens (tertiary/aromatic N) is 1. The first-order chi connectivity index (χ1) is 8.74. The molecule has 0 aliphatic carbocycles. The zero-order chi connectivity index (χ0) is 14.3. The number of hydrogen-bond donors (Lipinski definition) is 1. The van der Waals surface area contributed by atoms with E-state index in [0.29, 0.717) is 0 Å². The number of hydrogen-bond acceptors (Lipinski definition) is 3. The van der Waals surface area contributed by atoms with E-state index >= 15 is 0 Å². The minimum Gasteiger partial charge on any atom is -0.387 e. The third-order valence-corrected chi connectivity index (χ3v) is 5.17. The highest BCUT2D eigenvalue weighted by Gasteiger charge is 2.40. The maximum Gasteiger partial charge on any atom is 0.433 e. The summed E-state index contributed by atoms with van der Waals surface area (Å²) in [4.78, 5) is 3.34. The van der Waals surface area contributed by atoms with Gasteiger partial charge in [-0.25, -0.2) is 4.98 Å². The van der Waals surface area contributed by atoms with Gasteiger partial charge >= 0.3 is 6.18 Å². The van der Waals surface area contributed by atoms with Crippen LogP contribution in [0, 0.1) is 0 Å². The number of aliphatic hydroxyl groups excluding tert-OH is 1. The molecule has 2 nitrogen and oxygen atoms in total. The van der Waals surface area contributed by atoms with Crippen molar-refractivity contribution in [1.29, 1.82) is 0 Å². The van der Waals surface area contributed by atoms with Crippen molar-refractivity contribution < 1.29 is 18.3 Å². The number of aromatic nitrogens is 1. The minimum atomic E-state index is -4.53. The van der Waals surface area contributed by atoms with Gasteiger partial charge in [0.25, 0.3) is 0 Å². The zero-order valence-corrected chi connectivity index (χ0v) is 11.7. The Morgan fingerprint density at radius 3 is 2.63 bits per heavy atom. The summed E-state index contributed by atoms with van der Waals surface area (Å²) in [5.41, 5.74) is -0.788. The summed E-state index contributed by atoms with van der Waals surface area (Å²) in [5, 5.41) is 10.0. The van der Waals surface area contributed by atoms with E-state index in [1.165, 1.54) is 6.07 Å². The van der Waals surface area contributed by atoms with Gasteiger partial charge in [0.15, 0.2) is 0 Å². The Morgan fingerprint density at radius 2 is 2.16 bits per heavy atom. The van der Waals surface area contributed by atoms with Gasteiger partial charge in [-0.3, -0.25) is 0 Å². The molecule has 0 aromatic carbocycles. The quantitative estimate of drug-likeness (QED) is 0.836. The van der Waals surface area contributed by atoms with E-state index in [4.69, 9.17) is 11.6 Å². The molecule has 7 heteroatoms. The van der Waals surface area contributed by atoms with Gasteiger partial charge in [-0.15, -0.1) is 0 Å². The molecule has 1 saturated heterocycles. The Bertz CT molecular complexity index is 475. The lowest BCUT2D eigenvalue weighted by Crippen LogP contribution is -2.27. The maximum atomic E-state index is 12.5. The largest absolute Gasteiger partial charge is 0.433 e. The molecule has 1 aliphatic heterocycles. The van der Waals surface area contributed by atoms with Crippen molar-refractivity contribution in [3.05, 3.63) is 28.5 Å². The van der Waals surface area contributed by atoms with Crippen molar-refractivity contribution in [3.8, 4) is 0 Å². The van der Waals surface area contributed by atoms with Crippen molar-refractivity contribution in [3.63, 3.8) is 0 Å². The van der Waals surface area contributed by atoms with E-state index in [9.17, 15) is 18.3 Å². The van der Waals surface area contributed by atoms with Gasteiger partial charge in [-0.05, 0) is 31.6 Å². The van der Waals surface area contributed by atoms with E-state index in [1.807, 2.05) is 6.92 Å². The molecule has 0 radical (unpaired) electrons. The van der Waals surface area contributed by atoms with Crippen molar-refractivity contribution in [2.45, 2.75) is 36.8 Å². The summed E-state index contributed by atoms with van der Waals surface area (Å²) >= 11 is 7.40. The number of rotatable bonds is 2. The Balaban J connectivity index is 2.31. The van der Waals surface area contributed by atoms with Crippen LogP contribution in [0.4, 0.5) is 13.2 Å². The van der Waals surface area contributed by atoms with Gasteiger partial charge in [0, 0.05) is 10.3 Å². The van der Waals surface area contributed by atoms with E-state index in [0.717, 1.165) is 24.7 Å². The van der Waals surface area contributed by atoms with Crippen LogP contribution in [0.1, 0.15) is 37.1 Å². The predicted molar refractivity (Wildman–Crippen MR) is 69.3 cm³/mol. The van der Waals surface area contributed by atoms with E-state index in [2.05, 4.69) is 4.98 Å². The molecule has 1 fully saturated rings. The molecule has 0 amide bonds. The summed E-state index contributed by atoms with van der Waals surface area (Å²) < 4.78 is 37.1. The SMILES string of the molecule is CC1(C(O)c2ccc(C(F)(F)F)nc2Cl)CCCS1. The monoisotopic (exact) mass is 311 g/mol. The standard InChI is InChI=1S/C12H13ClF3NOS/c1-11(5-2-6-19-11)9(18)7-3-4-8(12(14,15)16)17-10(7)13/h3-4,9,18H,2,5-6H2,1H3. The lowest BCUT2D eigenvalue weighted by atomic mass is 9.93. The van der Waals surface area contributed by atoms with Crippen LogP contribution in [0.25, 0.3) is 0 Å². The fraction of sp³-hybridized carbons (Fsp3) is 0.583. The van der Waals surface area contributed by atoms with Crippen LogP contribution in [-0.2, 0) is 6.18 Å². The van der Waals surface area contributed by atoms with Crippen molar-refractivity contribution in [2.24, 2.45) is 0 Å². The lowest BCUT2D eigenvalue weighted by Gasteiger charge is -2.29. The van der Waals surface area contributed by atoms with Crippen LogP contribution in [-0.4, -0.2) is 20.6 Å². The van der Waals surface area contributed by atoms with Gasteiger partial charge in [0.05, 0.1) is 6.10 Å². The van der Waals surface area contributed by atoms with Crippen molar-refractivity contribution >= 4 is 23.4 Å². The van der Waals surface area contributed by atoms with E-state index in [-0.39, 0.29) is 10.7 Å². The molecule has 2 heterocycles. The number of aliphatic hydroxyl groups is 1. The zero-order valence-electron chi connectivity index (χ0n) is 10.2. The summed E-state index contributed by atoms with van der Waals surface area (Å²) in [6.45, 7) is 1.89. The van der Waals surface area contributed by atoms with Crippen LogP contribution in [0.15, 0.2) is 12.1 Å². The third kappa shape index (κ3) is 3.01. The lowest BCUT2D eigenvalue weighted by molar-refractivity contribution is -0.141. The normalized spacial score (nSPS) is 25.6. The fourth-order valence-electron chi connectivity index (χ4n) is 2.15. The molecule has 0 saturated carbocycles. The van der Waals surface area contributed by atoms with Crippen LogP contribution in [0.5, 0.6) is 0 Å². The third-order valence-electron chi connectivity index (χ3n) is 3.29. The molecule has 1 aliphatic rings. The first-order valence-electron chi connectivity index (χ1n) is 5.80. The van der Waals surface area contributed by atoms with Gasteiger partial charge in [-0.1, -0.05) is 17.7 Å². The second kappa shape index (κ2) is 5.14. The molecule has 106 valence electrons. The fourth-order valence-corrected chi connectivity index (χ4v) is 3.74. The smallest absolute Gasteiger partial charge is 0.387 e. The molecule has 0 bridgehead atoms. The number of thioether (sulfide) groups is 1. The highest BCUT2D eigenvalue weighted by Crippen LogP contribution is 2.47. The van der Waals surface area contributed by atoms with Gasteiger partial charge in [0.2, 0.25) is 0 Å². The summed E-state index contributed by atoms with van der Waals surface area (Å²) in [6.07, 6.45) is -3.67. The highest BCUT2D eigenvalue weighted by molar-refractivity contribution is 8.00. The molecule has 2 unspecified atom stereocenters. The molecular formula is C12H13ClF3NOS. The molecule has 1 N–H and O–H groups in total. The first-order valence-corrected chi connectivity index (χ1v) is 7.16. The van der Waals surface area contributed by atoms with Gasteiger partial charge in [0.1, 0.15) is 10.8 Å². The molecule has 1 aromatic rings. The first kappa shape index (κ1) is 14.9. The Hall–Kier alpha value is -0.460. The molecule has 0 spiro atoms. The molecule has 2 atom stereocenters. The highest BCUT2D eigenvalue weighted by atomic mass is 35.5. The molecule has 2 rings (SSSR count). The molecule has 19 heavy (non-hydrogen) atoms. The average molecular weight is 312 g/mol. The predicted octanol–water partition coefficient (Wildman–Crippen LogP) is 4.07. The second-order valence-corrected chi connectivity index (χ2v) is 6.73. The van der Waals surface area contributed by atoms with Gasteiger partial charge < -0.3 is 5.11 Å². The summed E-state index contributed by atoms with van der Waals surface area (Å²) in [7, 11) is 0. The molecular weight excluding hydrogens is 299 g/mol. The van der Waals surface area contributed by atoms with Crippen LogP contribution >= 0.6 is 23.4 Å². The number of halogens is 4. The van der Waals surface area contributed by atoms with Crippen molar-refractivity contribution in [1.82, 2.24) is 4.98 Å². The summed E-state index contributed by atoms with van der Waals surface area (Å²) in [6, 6.07) is 2.07. The topological polar surface area (TPSA) is 33.1 Å². The number of pyridine rings is 1. The van der Waals surface area contributed by atoms with Crippen LogP contribution in [0.2, 0.25) is 5.15 Å². The Kier molecular flexibility index (Phi) is 4.05. The second-order valence-electron chi connectivity index (χ2n) is 4.74. The van der Waals surface area contributed by atoms with E-state index < -0.39 is 22.7 Å². The van der Waals surface area contributed by atoms with Crippen molar-refractivity contribution in [2.75, 3.05) is 5.75 Å². The van der Waals surface area contributed by atoms with E-state index in [1.54, 1.807) is 11.8 Å².